The van der Waals surface area contributed by atoms with Gasteiger partial charge in [-0.3, -0.25) is 14.4 Å². The van der Waals surface area contributed by atoms with Gasteiger partial charge in [-0.2, -0.15) is 0 Å². The van der Waals surface area contributed by atoms with E-state index in [0.29, 0.717) is 25.8 Å². The summed E-state index contributed by atoms with van der Waals surface area (Å²) < 4.78 is 0. The summed E-state index contributed by atoms with van der Waals surface area (Å²) in [5, 5.41) is 28.6. The summed E-state index contributed by atoms with van der Waals surface area (Å²) in [5.41, 5.74) is 11.5. The highest BCUT2D eigenvalue weighted by molar-refractivity contribution is 5.73. The van der Waals surface area contributed by atoms with Crippen molar-refractivity contribution in [2.24, 2.45) is 11.5 Å². The summed E-state index contributed by atoms with van der Waals surface area (Å²) >= 11 is 0. The first-order valence-electron chi connectivity index (χ1n) is 9.18. The van der Waals surface area contributed by atoms with Gasteiger partial charge in [-0.15, -0.1) is 0 Å². The summed E-state index contributed by atoms with van der Waals surface area (Å²) in [7, 11) is 0. The number of nitrogens with one attached hydrogen (secondary N) is 1. The van der Waals surface area contributed by atoms with Crippen molar-refractivity contribution in [3.63, 3.8) is 0 Å². The molecule has 0 aliphatic heterocycles. The van der Waals surface area contributed by atoms with Crippen molar-refractivity contribution in [3.8, 4) is 0 Å². The van der Waals surface area contributed by atoms with Gasteiger partial charge in [0.15, 0.2) is 0 Å². The molecular weight excluding hydrogens is 366 g/mol. The van der Waals surface area contributed by atoms with E-state index in [-0.39, 0.29) is 13.0 Å². The monoisotopic (exact) mass is 397 g/mol. The number of rotatable bonds is 13. The van der Waals surface area contributed by atoms with Crippen LogP contribution in [0.5, 0.6) is 0 Å². The molecule has 0 aliphatic rings. The largest absolute Gasteiger partial charge is 0.481 e. The lowest BCUT2D eigenvalue weighted by atomic mass is 10.1. The average Bonchev–Trinajstić information content (AvgIpc) is 2.65. The van der Waals surface area contributed by atoms with Crippen molar-refractivity contribution < 1.29 is 29.7 Å². The van der Waals surface area contributed by atoms with E-state index >= 15 is 0 Å². The number of nitrogens with two attached hydrogens (primary N) is 2. The Morgan fingerprint density at radius 2 is 1.61 bits per heavy atom. The van der Waals surface area contributed by atoms with Crippen LogP contribution >= 0.6 is 0 Å². The molecule has 0 radical (unpaired) electrons. The Labute approximate surface area is 164 Å². The lowest BCUT2D eigenvalue weighted by Gasteiger charge is -2.13. The van der Waals surface area contributed by atoms with E-state index < -0.39 is 30.0 Å². The third-order valence-electron chi connectivity index (χ3n) is 3.88. The number of unbranched alkanes of at least 4 members (excludes halogenated alkanes) is 1. The van der Waals surface area contributed by atoms with E-state index in [1.807, 2.05) is 30.3 Å². The Morgan fingerprint density at radius 1 is 0.964 bits per heavy atom. The average molecular weight is 397 g/mol. The molecule has 0 saturated carbocycles. The normalized spacial score (nSPS) is 12.4. The van der Waals surface area contributed by atoms with Gasteiger partial charge in [0.05, 0.1) is 6.42 Å². The van der Waals surface area contributed by atoms with Crippen molar-refractivity contribution in [3.05, 3.63) is 35.9 Å². The number of benzene rings is 1. The fraction of sp³-hybridized carbons (Fsp3) is 0.526. The van der Waals surface area contributed by atoms with Crippen molar-refractivity contribution in [1.82, 2.24) is 5.32 Å². The Kier molecular flexibility index (Phi) is 14.2. The van der Waals surface area contributed by atoms with Gasteiger partial charge in [0.2, 0.25) is 0 Å². The fourth-order valence-electron chi connectivity index (χ4n) is 2.25. The summed E-state index contributed by atoms with van der Waals surface area (Å²) in [4.78, 5) is 31.5. The van der Waals surface area contributed by atoms with E-state index in [2.05, 4.69) is 5.32 Å². The van der Waals surface area contributed by atoms with Crippen LogP contribution in [0.2, 0.25) is 0 Å². The first-order valence-corrected chi connectivity index (χ1v) is 9.18. The molecule has 0 unspecified atom stereocenters. The zero-order valence-corrected chi connectivity index (χ0v) is 15.9. The fourth-order valence-corrected chi connectivity index (χ4v) is 2.25. The zero-order chi connectivity index (χ0) is 21.4. The third-order valence-corrected chi connectivity index (χ3v) is 3.88. The second-order valence-corrected chi connectivity index (χ2v) is 6.24. The molecule has 0 aromatic heterocycles. The second kappa shape index (κ2) is 15.6. The molecule has 9 nitrogen and oxygen atoms in total. The lowest BCUT2D eigenvalue weighted by molar-refractivity contribution is -0.141. The number of aliphatic carboxylic acids is 3. The predicted octanol–water partition coefficient (Wildman–Crippen LogP) is 0.664. The maximum Gasteiger partial charge on any atom is 0.320 e. The molecule has 0 bridgehead atoms. The molecular formula is C19H31N3O6. The van der Waals surface area contributed by atoms with Crippen molar-refractivity contribution in [2.45, 2.75) is 50.6 Å². The van der Waals surface area contributed by atoms with Crippen LogP contribution in [0, 0.1) is 0 Å². The first-order chi connectivity index (χ1) is 13.3. The number of hydrogen-bond acceptors (Lipinski definition) is 6. The van der Waals surface area contributed by atoms with E-state index in [1.165, 1.54) is 0 Å². The van der Waals surface area contributed by atoms with Crippen LogP contribution in [0.25, 0.3) is 0 Å². The van der Waals surface area contributed by atoms with Gasteiger partial charge in [-0.25, -0.2) is 0 Å². The van der Waals surface area contributed by atoms with Gasteiger partial charge in [0, 0.05) is 6.54 Å². The maximum atomic E-state index is 11.0. The quantitative estimate of drug-likeness (QED) is 0.261. The standard InChI is InChI=1S/C13H17NO4.C6H14N2O2/c15-12(16)8-9-14-11(13(17)18)7-6-10-4-2-1-3-5-10;7-4-2-1-3-5(8)6(9)10/h1-5,11,14H,6-9H2,(H,15,16)(H,17,18);5H,1-4,7-8H2,(H,9,10)/t11-;5-/m10/s1. The third kappa shape index (κ3) is 13.7. The number of carboxylic acid groups (broad SMARTS) is 3. The van der Waals surface area contributed by atoms with Crippen LogP contribution in [0.4, 0.5) is 0 Å². The van der Waals surface area contributed by atoms with Gasteiger partial charge in [-0.1, -0.05) is 36.8 Å². The summed E-state index contributed by atoms with van der Waals surface area (Å²) in [6, 6.07) is 8.18. The molecule has 0 amide bonds. The summed E-state index contributed by atoms with van der Waals surface area (Å²) in [6.07, 6.45) is 3.18. The van der Waals surface area contributed by atoms with Crippen LogP contribution in [0.1, 0.15) is 37.7 Å². The van der Waals surface area contributed by atoms with Crippen LogP contribution in [0.15, 0.2) is 30.3 Å². The van der Waals surface area contributed by atoms with Crippen LogP contribution < -0.4 is 16.8 Å². The number of aryl methyl sites for hydroxylation is 1. The predicted molar refractivity (Wildman–Crippen MR) is 105 cm³/mol. The van der Waals surface area contributed by atoms with Crippen molar-refractivity contribution in [1.29, 1.82) is 0 Å². The highest BCUT2D eigenvalue weighted by atomic mass is 16.4. The van der Waals surface area contributed by atoms with Gasteiger partial charge in [-0.05, 0) is 37.8 Å². The molecule has 2 atom stereocenters. The highest BCUT2D eigenvalue weighted by Gasteiger charge is 2.16. The van der Waals surface area contributed by atoms with E-state index in [4.69, 9.17) is 26.8 Å². The molecule has 1 aromatic rings. The van der Waals surface area contributed by atoms with Gasteiger partial charge in [0.25, 0.3) is 0 Å². The highest BCUT2D eigenvalue weighted by Crippen LogP contribution is 2.05. The maximum absolute atomic E-state index is 11.0. The number of carboxylic acids is 3. The Balaban J connectivity index is 0.000000621. The molecule has 28 heavy (non-hydrogen) atoms. The smallest absolute Gasteiger partial charge is 0.320 e. The van der Waals surface area contributed by atoms with Crippen LogP contribution in [0.3, 0.4) is 0 Å². The molecule has 0 spiro atoms. The molecule has 158 valence electrons. The SMILES string of the molecule is NCCCC[C@H](N)C(=O)O.O=C(O)CCN[C@H](CCc1ccccc1)C(=O)O. The minimum atomic E-state index is -0.948. The minimum Gasteiger partial charge on any atom is -0.481 e. The van der Waals surface area contributed by atoms with Crippen molar-refractivity contribution in [2.75, 3.05) is 13.1 Å². The molecule has 0 fully saturated rings. The Hall–Kier alpha value is -2.49. The lowest BCUT2D eigenvalue weighted by Crippen LogP contribution is -2.38. The van der Waals surface area contributed by atoms with E-state index in [0.717, 1.165) is 18.4 Å². The minimum absolute atomic E-state index is 0.0743. The topological polar surface area (TPSA) is 176 Å². The van der Waals surface area contributed by atoms with Crippen LogP contribution in [-0.4, -0.2) is 58.4 Å². The second-order valence-electron chi connectivity index (χ2n) is 6.24. The van der Waals surface area contributed by atoms with Gasteiger partial charge in [0.1, 0.15) is 12.1 Å². The molecule has 0 saturated heterocycles. The number of hydrogen-bond donors (Lipinski definition) is 6. The first kappa shape index (κ1) is 25.5. The Bertz CT molecular complexity index is 582. The molecule has 8 N–H and O–H groups in total. The van der Waals surface area contributed by atoms with E-state index in [9.17, 15) is 14.4 Å². The molecule has 9 heteroatoms. The van der Waals surface area contributed by atoms with Gasteiger partial charge >= 0.3 is 17.9 Å². The molecule has 0 aliphatic carbocycles. The van der Waals surface area contributed by atoms with Crippen LogP contribution in [-0.2, 0) is 20.8 Å². The van der Waals surface area contributed by atoms with Crippen molar-refractivity contribution >= 4 is 17.9 Å². The Morgan fingerprint density at radius 3 is 2.11 bits per heavy atom. The number of carbonyl (C=O) groups is 3. The zero-order valence-electron chi connectivity index (χ0n) is 15.9. The van der Waals surface area contributed by atoms with Gasteiger partial charge < -0.3 is 32.1 Å². The summed E-state index contributed by atoms with van der Waals surface area (Å²) in [5.74, 6) is -2.82. The molecule has 1 rings (SSSR count). The van der Waals surface area contributed by atoms with E-state index in [1.54, 1.807) is 0 Å². The molecule has 0 heterocycles. The summed E-state index contributed by atoms with van der Waals surface area (Å²) in [6.45, 7) is 0.771. The molecule has 1 aromatic carbocycles.